The summed E-state index contributed by atoms with van der Waals surface area (Å²) in [6, 6.07) is 21.5. The molecule has 3 heterocycles. The van der Waals surface area contributed by atoms with E-state index in [1.165, 1.54) is 23.7 Å². The van der Waals surface area contributed by atoms with Gasteiger partial charge in [-0.25, -0.2) is 14.6 Å². The molecule has 3 aromatic heterocycles. The summed E-state index contributed by atoms with van der Waals surface area (Å²) in [5.74, 6) is 0.344. The largest absolute Gasteiger partial charge is 0.467 e. The highest BCUT2D eigenvalue weighted by atomic mass is 32.2. The summed E-state index contributed by atoms with van der Waals surface area (Å²) >= 11 is 4.77. The molecule has 0 spiro atoms. The van der Waals surface area contributed by atoms with Gasteiger partial charge in [-0.3, -0.25) is 4.79 Å². The topological polar surface area (TPSA) is 120 Å². The second kappa shape index (κ2) is 15.0. The van der Waals surface area contributed by atoms with Crippen LogP contribution in [-0.4, -0.2) is 53.5 Å². The summed E-state index contributed by atoms with van der Waals surface area (Å²) in [4.78, 5) is 47.0. The van der Waals surface area contributed by atoms with Gasteiger partial charge in [-0.1, -0.05) is 42.5 Å². The number of amides is 2. The first-order chi connectivity index (χ1) is 22.1. The number of benzene rings is 2. The zero-order chi connectivity index (χ0) is 32.7. The van der Waals surface area contributed by atoms with Gasteiger partial charge in [0.1, 0.15) is 23.2 Å². The van der Waals surface area contributed by atoms with Crippen molar-refractivity contribution in [1.29, 1.82) is 0 Å². The molecule has 0 radical (unpaired) electrons. The van der Waals surface area contributed by atoms with Gasteiger partial charge in [0, 0.05) is 27.7 Å². The third kappa shape index (κ3) is 8.99. The molecule has 0 aliphatic heterocycles. The van der Waals surface area contributed by atoms with Crippen LogP contribution < -0.4 is 10.6 Å². The minimum absolute atomic E-state index is 0.121. The highest BCUT2D eigenvalue weighted by Gasteiger charge is 2.29. The molecule has 0 unspecified atom stereocenters. The Morgan fingerprint density at radius 2 is 1.70 bits per heavy atom. The van der Waals surface area contributed by atoms with E-state index in [9.17, 15) is 14.4 Å². The Balaban J connectivity index is 1.32. The molecule has 0 saturated heterocycles. The molecule has 5 rings (SSSR count). The summed E-state index contributed by atoms with van der Waals surface area (Å²) in [6.07, 6.45) is -0.625. The molecule has 0 fully saturated rings. The summed E-state index contributed by atoms with van der Waals surface area (Å²) in [7, 11) is 1.28. The van der Waals surface area contributed by atoms with Gasteiger partial charge in [0.2, 0.25) is 11.8 Å². The second-order valence-corrected chi connectivity index (χ2v) is 14.5. The van der Waals surface area contributed by atoms with Crippen molar-refractivity contribution >= 4 is 63.5 Å². The van der Waals surface area contributed by atoms with Crippen LogP contribution in [0.5, 0.6) is 0 Å². The Kier molecular flexibility index (Phi) is 10.8. The lowest BCUT2D eigenvalue weighted by atomic mass is 10.0. The molecule has 2 atom stereocenters. The normalized spacial score (nSPS) is 12.8. The third-order valence-corrected chi connectivity index (χ3v) is 9.92. The van der Waals surface area contributed by atoms with Crippen LogP contribution in [0.4, 0.5) is 4.79 Å². The Labute approximate surface area is 279 Å². The van der Waals surface area contributed by atoms with Crippen LogP contribution in [0, 0.1) is 0 Å². The first-order valence-corrected chi connectivity index (χ1v) is 17.5. The Bertz CT molecular complexity index is 1780. The van der Waals surface area contributed by atoms with E-state index >= 15 is 0 Å². The van der Waals surface area contributed by atoms with Crippen LogP contribution in [0.2, 0.25) is 0 Å². The van der Waals surface area contributed by atoms with Crippen LogP contribution in [0.1, 0.15) is 31.9 Å². The number of hydrogen-bond donors (Lipinski definition) is 2. The predicted octanol–water partition coefficient (Wildman–Crippen LogP) is 7.31. The number of esters is 1. The summed E-state index contributed by atoms with van der Waals surface area (Å²) < 4.78 is 16.5. The minimum Gasteiger partial charge on any atom is -0.467 e. The fraction of sp³-hybridized carbons (Fsp3) is 0.294. The number of nitrogens with one attached hydrogen (secondary N) is 2. The van der Waals surface area contributed by atoms with Crippen LogP contribution in [0.15, 0.2) is 82.6 Å². The maximum atomic E-state index is 13.6. The SMILES string of the molecule is COC(=O)[C@H](CSCc1ccccc1)NC(=O)[C@H](Cc1ccc2oc(-c3ccc(-c4cccs4)s3)nc2c1)NC(=O)OC(C)(C)C. The van der Waals surface area contributed by atoms with E-state index in [1.54, 1.807) is 49.5 Å². The molecule has 9 nitrogen and oxygen atoms in total. The van der Waals surface area contributed by atoms with Crippen LogP contribution in [0.25, 0.3) is 31.6 Å². The van der Waals surface area contributed by atoms with Crippen LogP contribution >= 0.6 is 34.4 Å². The molecule has 240 valence electrons. The van der Waals surface area contributed by atoms with E-state index in [1.807, 2.05) is 60.0 Å². The number of alkyl carbamates (subject to hydrolysis) is 1. The fourth-order valence-corrected chi connectivity index (χ4v) is 7.32. The van der Waals surface area contributed by atoms with Gasteiger partial charge in [0.15, 0.2) is 5.58 Å². The number of nitrogens with zero attached hydrogens (tertiary/aromatic N) is 1. The van der Waals surface area contributed by atoms with Crippen molar-refractivity contribution in [2.45, 2.75) is 50.6 Å². The van der Waals surface area contributed by atoms with Crippen molar-refractivity contribution in [2.24, 2.45) is 0 Å². The molecule has 2 N–H and O–H groups in total. The van der Waals surface area contributed by atoms with E-state index in [-0.39, 0.29) is 12.2 Å². The number of ether oxygens (including phenoxy) is 2. The highest BCUT2D eigenvalue weighted by molar-refractivity contribution is 7.98. The smallest absolute Gasteiger partial charge is 0.408 e. The molecule has 2 amide bonds. The molecule has 0 aliphatic carbocycles. The van der Waals surface area contributed by atoms with E-state index in [4.69, 9.17) is 18.9 Å². The number of oxazole rings is 1. The number of aromatic nitrogens is 1. The van der Waals surface area contributed by atoms with Crippen molar-refractivity contribution < 1.29 is 28.3 Å². The molecular weight excluding hydrogens is 643 g/mol. The quantitative estimate of drug-likeness (QED) is 0.132. The average molecular weight is 678 g/mol. The van der Waals surface area contributed by atoms with Crippen molar-refractivity contribution in [1.82, 2.24) is 15.6 Å². The maximum absolute atomic E-state index is 13.6. The number of thiophene rings is 2. The number of carbonyl (C=O) groups is 3. The highest BCUT2D eigenvalue weighted by Crippen LogP contribution is 2.37. The van der Waals surface area contributed by atoms with E-state index in [0.29, 0.717) is 22.7 Å². The van der Waals surface area contributed by atoms with Crippen molar-refractivity contribution in [2.75, 3.05) is 12.9 Å². The monoisotopic (exact) mass is 677 g/mol. The second-order valence-electron chi connectivity index (χ2n) is 11.5. The lowest BCUT2D eigenvalue weighted by Crippen LogP contribution is -2.54. The van der Waals surface area contributed by atoms with Gasteiger partial charge in [0.05, 0.1) is 12.0 Å². The van der Waals surface area contributed by atoms with E-state index in [2.05, 4.69) is 22.8 Å². The van der Waals surface area contributed by atoms with Crippen molar-refractivity contribution in [3.8, 4) is 20.5 Å². The van der Waals surface area contributed by atoms with Gasteiger partial charge < -0.3 is 24.5 Å². The maximum Gasteiger partial charge on any atom is 0.408 e. The van der Waals surface area contributed by atoms with Crippen LogP contribution in [-0.2, 0) is 31.2 Å². The number of carbonyl (C=O) groups excluding carboxylic acids is 3. The third-order valence-electron chi connectivity index (χ3n) is 6.68. The van der Waals surface area contributed by atoms with Crippen LogP contribution in [0.3, 0.4) is 0 Å². The first kappa shape index (κ1) is 33.2. The lowest BCUT2D eigenvalue weighted by Gasteiger charge is -2.25. The van der Waals surface area contributed by atoms with Crippen molar-refractivity contribution in [3.63, 3.8) is 0 Å². The molecule has 0 bridgehead atoms. The first-order valence-electron chi connectivity index (χ1n) is 14.6. The molecule has 0 saturated carbocycles. The molecule has 0 aliphatic rings. The zero-order valence-corrected chi connectivity index (χ0v) is 28.4. The van der Waals surface area contributed by atoms with Gasteiger partial charge in [0.25, 0.3) is 0 Å². The van der Waals surface area contributed by atoms with Gasteiger partial charge in [-0.05, 0) is 67.6 Å². The Morgan fingerprint density at radius 3 is 2.41 bits per heavy atom. The molecule has 12 heteroatoms. The molecule has 2 aromatic carbocycles. The Hall–Kier alpha value is -4.13. The molecular formula is C34H35N3O6S3. The van der Waals surface area contributed by atoms with Gasteiger partial charge in [-0.15, -0.1) is 22.7 Å². The lowest BCUT2D eigenvalue weighted by molar-refractivity contribution is -0.144. The summed E-state index contributed by atoms with van der Waals surface area (Å²) in [5.41, 5.74) is 2.30. The molecule has 5 aromatic rings. The molecule has 46 heavy (non-hydrogen) atoms. The number of fused-ring (bicyclic) bond motifs is 1. The number of hydrogen-bond acceptors (Lipinski definition) is 10. The summed E-state index contributed by atoms with van der Waals surface area (Å²) in [5, 5.41) is 7.51. The van der Waals surface area contributed by atoms with E-state index < -0.39 is 35.7 Å². The zero-order valence-electron chi connectivity index (χ0n) is 25.9. The average Bonchev–Trinajstić information content (AvgIpc) is 3.80. The number of thioether (sulfide) groups is 1. The minimum atomic E-state index is -1.05. The Morgan fingerprint density at radius 1 is 0.913 bits per heavy atom. The van der Waals surface area contributed by atoms with Gasteiger partial charge >= 0.3 is 12.1 Å². The van der Waals surface area contributed by atoms with Crippen molar-refractivity contribution in [3.05, 3.63) is 89.3 Å². The fourth-order valence-electron chi connectivity index (χ4n) is 4.56. The van der Waals surface area contributed by atoms with E-state index in [0.717, 1.165) is 20.9 Å². The summed E-state index contributed by atoms with van der Waals surface area (Å²) in [6.45, 7) is 5.23. The number of methoxy groups -OCH3 is 1. The number of rotatable bonds is 12. The van der Waals surface area contributed by atoms with Gasteiger partial charge in [-0.2, -0.15) is 11.8 Å². The predicted molar refractivity (Wildman–Crippen MR) is 184 cm³/mol. The standard InChI is InChI=1S/C34H35N3O6S3/c1-34(2,3)43-33(40)37-24(30(38)35-25(32(39)41-4)20-44-19-21-9-6-5-7-10-21)18-22-12-13-26-23(17-22)36-31(42-26)29-15-14-28(46-29)27-11-8-16-45-27/h5-17,24-25H,18-20H2,1-4H3,(H,35,38)(H,37,40)/t24-,25-/m0/s1.